The van der Waals surface area contributed by atoms with Gasteiger partial charge in [0.25, 0.3) is 0 Å². The summed E-state index contributed by atoms with van der Waals surface area (Å²) in [5.41, 5.74) is 0.408. The molecule has 0 atom stereocenters. The Morgan fingerprint density at radius 1 is 1.41 bits per heavy atom. The molecule has 0 aromatic carbocycles. The minimum atomic E-state index is -0.149. The summed E-state index contributed by atoms with van der Waals surface area (Å²) >= 11 is 12.8. The van der Waals surface area contributed by atoms with Crippen molar-refractivity contribution < 1.29 is 9.59 Å². The van der Waals surface area contributed by atoms with E-state index < -0.39 is 0 Å². The van der Waals surface area contributed by atoms with Gasteiger partial charge in [0, 0.05) is 7.05 Å². The van der Waals surface area contributed by atoms with Crippen LogP contribution in [0.2, 0.25) is 8.67 Å². The Labute approximate surface area is 114 Å². The molecule has 1 aromatic rings. The van der Waals surface area contributed by atoms with Crippen molar-refractivity contribution >= 4 is 46.2 Å². The number of halogens is 2. The van der Waals surface area contributed by atoms with Crippen molar-refractivity contribution in [3.63, 3.8) is 0 Å². The first-order valence-electron chi connectivity index (χ1n) is 4.81. The van der Waals surface area contributed by atoms with Crippen molar-refractivity contribution in [3.8, 4) is 0 Å². The van der Waals surface area contributed by atoms with Crippen LogP contribution in [0.4, 0.5) is 0 Å². The predicted octanol–water partition coefficient (Wildman–Crippen LogP) is 1.92. The molecule has 0 saturated heterocycles. The summed E-state index contributed by atoms with van der Waals surface area (Å²) in [6, 6.07) is 1.55. The van der Waals surface area contributed by atoms with Gasteiger partial charge in [0.2, 0.25) is 5.91 Å². The second-order valence-corrected chi connectivity index (χ2v) is 5.79. The summed E-state index contributed by atoms with van der Waals surface area (Å²) in [5.74, 6) is -0.292. The zero-order valence-corrected chi connectivity index (χ0v) is 11.7. The molecule has 0 saturated carbocycles. The average molecular weight is 295 g/mol. The highest BCUT2D eigenvalue weighted by atomic mass is 35.5. The van der Waals surface area contributed by atoms with Gasteiger partial charge in [0.1, 0.15) is 4.34 Å². The van der Waals surface area contributed by atoms with E-state index in [0.717, 1.165) is 11.3 Å². The number of likely N-dealkylation sites (N-methyl/N-ethyl adjacent to an activating group) is 2. The summed E-state index contributed by atoms with van der Waals surface area (Å²) in [4.78, 5) is 24.6. The summed E-state index contributed by atoms with van der Waals surface area (Å²) in [5, 5.41) is 2.49. The molecule has 4 nitrogen and oxygen atoms in total. The fourth-order valence-corrected chi connectivity index (χ4v) is 2.74. The maximum atomic E-state index is 11.8. The number of carbonyl (C=O) groups excluding carboxylic acids is 2. The minimum Gasteiger partial charge on any atom is -0.358 e. The maximum Gasteiger partial charge on any atom is 0.233 e. The van der Waals surface area contributed by atoms with E-state index in [2.05, 4.69) is 5.32 Å². The lowest BCUT2D eigenvalue weighted by Gasteiger charge is -2.13. The summed E-state index contributed by atoms with van der Waals surface area (Å²) in [7, 11) is 3.24. The van der Waals surface area contributed by atoms with Crippen molar-refractivity contribution in [2.24, 2.45) is 0 Å². The topological polar surface area (TPSA) is 49.4 Å². The van der Waals surface area contributed by atoms with Crippen molar-refractivity contribution in [2.45, 2.75) is 0 Å². The van der Waals surface area contributed by atoms with Crippen molar-refractivity contribution in [1.29, 1.82) is 0 Å². The first kappa shape index (κ1) is 14.4. The first-order chi connectivity index (χ1) is 7.93. The van der Waals surface area contributed by atoms with Crippen LogP contribution in [0.25, 0.3) is 0 Å². The number of Topliss-reactive ketones (excluding diaryl/α,β-unsaturated/α-hetero) is 1. The number of nitrogens with one attached hydrogen (secondary N) is 1. The number of amides is 1. The van der Waals surface area contributed by atoms with E-state index in [1.807, 2.05) is 0 Å². The standard InChI is InChI=1S/C10H12Cl2N2O2S/c1-13-9(16)5-14(2)4-7(15)6-3-8(11)17-10(6)12/h3H,4-5H2,1-2H3,(H,13,16). The smallest absolute Gasteiger partial charge is 0.233 e. The Kier molecular flexibility index (Phi) is 5.39. The highest BCUT2D eigenvalue weighted by Gasteiger charge is 2.16. The molecule has 0 fully saturated rings. The molecule has 1 N–H and O–H groups in total. The number of carbonyl (C=O) groups is 2. The average Bonchev–Trinajstić information content (AvgIpc) is 2.57. The maximum absolute atomic E-state index is 11.8. The fourth-order valence-electron chi connectivity index (χ4n) is 1.24. The molecule has 7 heteroatoms. The lowest BCUT2D eigenvalue weighted by molar-refractivity contribution is -0.121. The number of ketones is 1. The fraction of sp³-hybridized carbons (Fsp3) is 0.400. The monoisotopic (exact) mass is 294 g/mol. The molecule has 0 unspecified atom stereocenters. The molecule has 0 aliphatic carbocycles. The minimum absolute atomic E-state index is 0.125. The molecule has 1 amide bonds. The third-order valence-electron chi connectivity index (χ3n) is 2.06. The van der Waals surface area contributed by atoms with Gasteiger partial charge < -0.3 is 5.32 Å². The molecule has 0 aliphatic rings. The van der Waals surface area contributed by atoms with E-state index in [1.165, 1.54) is 0 Å². The van der Waals surface area contributed by atoms with Crippen LogP contribution in [0.15, 0.2) is 6.07 Å². The van der Waals surface area contributed by atoms with Gasteiger partial charge in [-0.15, -0.1) is 11.3 Å². The second kappa shape index (κ2) is 6.35. The van der Waals surface area contributed by atoms with Crippen LogP contribution in [0.3, 0.4) is 0 Å². The highest BCUT2D eigenvalue weighted by molar-refractivity contribution is 7.20. The van der Waals surface area contributed by atoms with Crippen molar-refractivity contribution in [1.82, 2.24) is 10.2 Å². The lowest BCUT2D eigenvalue weighted by atomic mass is 10.2. The zero-order valence-electron chi connectivity index (χ0n) is 9.42. The molecule has 17 heavy (non-hydrogen) atoms. The Balaban J connectivity index is 2.60. The number of nitrogens with zero attached hydrogens (tertiary/aromatic N) is 1. The van der Waals surface area contributed by atoms with E-state index in [1.54, 1.807) is 25.1 Å². The van der Waals surface area contributed by atoms with Crippen LogP contribution in [0.5, 0.6) is 0 Å². The van der Waals surface area contributed by atoms with Gasteiger partial charge in [-0.3, -0.25) is 14.5 Å². The number of rotatable bonds is 5. The van der Waals surface area contributed by atoms with Gasteiger partial charge in [-0.2, -0.15) is 0 Å². The predicted molar refractivity (Wildman–Crippen MR) is 70.2 cm³/mol. The van der Waals surface area contributed by atoms with Gasteiger partial charge in [-0.25, -0.2) is 0 Å². The van der Waals surface area contributed by atoms with Gasteiger partial charge >= 0.3 is 0 Å². The highest BCUT2D eigenvalue weighted by Crippen LogP contribution is 2.31. The Bertz CT molecular complexity index is 434. The molecule has 0 spiro atoms. The molecule has 1 heterocycles. The van der Waals surface area contributed by atoms with Crippen LogP contribution in [-0.4, -0.2) is 43.8 Å². The lowest BCUT2D eigenvalue weighted by Crippen LogP contribution is -2.36. The van der Waals surface area contributed by atoms with E-state index in [9.17, 15) is 9.59 Å². The van der Waals surface area contributed by atoms with E-state index in [4.69, 9.17) is 23.2 Å². The Hall–Kier alpha value is -0.620. The summed E-state index contributed by atoms with van der Waals surface area (Å²) in [6.45, 7) is 0.290. The second-order valence-electron chi connectivity index (χ2n) is 3.51. The number of hydrogen-bond donors (Lipinski definition) is 1. The molecule has 1 rings (SSSR count). The third kappa shape index (κ3) is 4.27. The van der Waals surface area contributed by atoms with Crippen LogP contribution < -0.4 is 5.32 Å². The molecule has 94 valence electrons. The van der Waals surface area contributed by atoms with Gasteiger partial charge in [-0.1, -0.05) is 23.2 Å². The normalized spacial score (nSPS) is 10.6. The van der Waals surface area contributed by atoms with Crippen LogP contribution in [0, 0.1) is 0 Å². The Morgan fingerprint density at radius 3 is 2.53 bits per heavy atom. The third-order valence-corrected chi connectivity index (χ3v) is 3.55. The summed E-state index contributed by atoms with van der Waals surface area (Å²) < 4.78 is 0.862. The molecule has 0 aliphatic heterocycles. The molecular formula is C10H12Cl2N2O2S. The van der Waals surface area contributed by atoms with E-state index in [-0.39, 0.29) is 24.8 Å². The van der Waals surface area contributed by atoms with Gasteiger partial charge in [0.15, 0.2) is 5.78 Å². The van der Waals surface area contributed by atoms with Gasteiger partial charge in [-0.05, 0) is 13.1 Å². The quantitative estimate of drug-likeness (QED) is 0.844. The van der Waals surface area contributed by atoms with E-state index >= 15 is 0 Å². The first-order valence-corrected chi connectivity index (χ1v) is 6.38. The van der Waals surface area contributed by atoms with Crippen LogP contribution in [0.1, 0.15) is 10.4 Å². The van der Waals surface area contributed by atoms with Crippen molar-refractivity contribution in [2.75, 3.05) is 27.2 Å². The summed E-state index contributed by atoms with van der Waals surface area (Å²) in [6.07, 6.45) is 0. The number of hydrogen-bond acceptors (Lipinski definition) is 4. The van der Waals surface area contributed by atoms with Crippen molar-refractivity contribution in [3.05, 3.63) is 20.3 Å². The van der Waals surface area contributed by atoms with Crippen LogP contribution >= 0.6 is 34.5 Å². The molecule has 0 radical (unpaired) electrons. The Morgan fingerprint density at radius 2 is 2.06 bits per heavy atom. The van der Waals surface area contributed by atoms with Crippen LogP contribution in [-0.2, 0) is 4.79 Å². The molecular weight excluding hydrogens is 283 g/mol. The number of thiophene rings is 1. The largest absolute Gasteiger partial charge is 0.358 e. The van der Waals surface area contributed by atoms with E-state index in [0.29, 0.717) is 14.2 Å². The molecule has 0 bridgehead atoms. The molecule has 1 aromatic heterocycles. The SMILES string of the molecule is CNC(=O)CN(C)CC(=O)c1cc(Cl)sc1Cl. The zero-order chi connectivity index (χ0) is 13.0. The van der Waals surface area contributed by atoms with Gasteiger partial charge in [0.05, 0.1) is 23.0 Å².